The number of hydrogen-bond donors (Lipinski definition) is 0. The number of alkyl halides is 3. The molecule has 126 valence electrons. The van der Waals surface area contributed by atoms with Crippen molar-refractivity contribution in [3.63, 3.8) is 0 Å². The first-order valence-corrected chi connectivity index (χ1v) is 9.93. The molecule has 2 rings (SSSR count). The van der Waals surface area contributed by atoms with Crippen LogP contribution in [-0.4, -0.2) is 24.3 Å². The largest absolute Gasteiger partial charge is 0.741 e. The Morgan fingerprint density at radius 1 is 1.22 bits per heavy atom. The molecule has 1 aromatic carbocycles. The van der Waals surface area contributed by atoms with Gasteiger partial charge in [-0.25, -0.2) is 8.42 Å². The summed E-state index contributed by atoms with van der Waals surface area (Å²) in [6.45, 7) is 0. The molecule has 1 aliphatic carbocycles. The summed E-state index contributed by atoms with van der Waals surface area (Å²) in [7, 11) is -6.09. The highest BCUT2D eigenvalue weighted by Gasteiger charge is 2.36. The fourth-order valence-electron chi connectivity index (χ4n) is 1.37. The van der Waals surface area contributed by atoms with Gasteiger partial charge in [0, 0.05) is 11.8 Å². The van der Waals surface area contributed by atoms with Crippen molar-refractivity contribution >= 4 is 15.9 Å². The molecule has 0 N–H and O–H groups in total. The van der Waals surface area contributed by atoms with Crippen LogP contribution in [0.1, 0.15) is 19.3 Å². The number of halogens is 4. The van der Waals surface area contributed by atoms with Gasteiger partial charge in [0.15, 0.2) is 14.0 Å². The predicted octanol–water partition coefficient (Wildman–Crippen LogP) is -0.673. The third kappa shape index (κ3) is 7.32. The first-order chi connectivity index (χ1) is 10.6. The van der Waals surface area contributed by atoms with Crippen molar-refractivity contribution in [2.75, 3.05) is 0 Å². The molecule has 23 heavy (non-hydrogen) atoms. The summed E-state index contributed by atoms with van der Waals surface area (Å²) in [5, 5.41) is 0. The number of Topliss-reactive ketones (excluding diaryl/α,β-unsaturated/α-hetero) is 1. The monoisotopic (exact) mass is 460 g/mol. The fourth-order valence-corrected chi connectivity index (χ4v) is 2.86. The van der Waals surface area contributed by atoms with Gasteiger partial charge in [0.25, 0.3) is 0 Å². The lowest BCUT2D eigenvalue weighted by Gasteiger charge is -2.20. The molecule has 0 aromatic heterocycles. The summed E-state index contributed by atoms with van der Waals surface area (Å²) in [6, 6.07) is 10.2. The molecular weight excluding hydrogens is 448 g/mol. The first kappa shape index (κ1) is 19.9. The molecule has 0 bridgehead atoms. The Kier molecular flexibility index (Phi) is 7.50. The van der Waals surface area contributed by atoms with Crippen molar-refractivity contribution in [2.24, 2.45) is 5.92 Å². The molecule has 0 unspecified atom stereocenters. The van der Waals surface area contributed by atoms with E-state index in [1.54, 1.807) is 0 Å². The second-order valence-electron chi connectivity index (χ2n) is 4.50. The molecule has 1 aliphatic rings. The first-order valence-electron chi connectivity index (χ1n) is 6.37. The maximum atomic E-state index is 11.5. The van der Waals surface area contributed by atoms with Gasteiger partial charge in [0.2, 0.25) is 9.35 Å². The molecule has 0 radical (unpaired) electrons. The minimum absolute atomic E-state index is 0.164. The van der Waals surface area contributed by atoms with Crippen LogP contribution >= 0.6 is 0 Å². The van der Waals surface area contributed by atoms with E-state index in [4.69, 9.17) is 13.0 Å². The zero-order chi connectivity index (χ0) is 17.5. The molecule has 9 heteroatoms. The standard InChI is InChI=1S/C13H12IO.CHF3O3S/c15-13(11-5-4-6-11)9-10-14-12-7-2-1-3-8-12;2-1(3,4)8(5,6)7/h1-3,7-8,11H,4-6H2;(H,5,6,7)/q+1;/p-1. The lowest BCUT2D eigenvalue weighted by Crippen LogP contribution is -3.59. The average molecular weight is 460 g/mol. The lowest BCUT2D eigenvalue weighted by molar-refractivity contribution is -0.535. The van der Waals surface area contributed by atoms with Gasteiger partial charge in [0.1, 0.15) is 0 Å². The average Bonchev–Trinajstić information content (AvgIpc) is 2.36. The SMILES string of the molecule is O=C(C#C[I+]c1ccccc1)C1CCC1.O=S(=O)([O-])C(F)(F)F. The van der Waals surface area contributed by atoms with Crippen molar-refractivity contribution in [3.8, 4) is 9.85 Å². The van der Waals surface area contributed by atoms with E-state index in [9.17, 15) is 18.0 Å². The van der Waals surface area contributed by atoms with E-state index in [-0.39, 0.29) is 32.9 Å². The van der Waals surface area contributed by atoms with E-state index >= 15 is 0 Å². The Balaban J connectivity index is 0.000000284. The van der Waals surface area contributed by atoms with E-state index in [2.05, 4.69) is 22.0 Å². The van der Waals surface area contributed by atoms with Crippen LogP contribution in [0.2, 0.25) is 0 Å². The zero-order valence-electron chi connectivity index (χ0n) is 11.6. The highest BCUT2D eigenvalue weighted by atomic mass is 127. The van der Waals surface area contributed by atoms with Crippen LogP contribution in [0.3, 0.4) is 0 Å². The molecule has 4 nitrogen and oxygen atoms in total. The van der Waals surface area contributed by atoms with Gasteiger partial charge in [-0.2, -0.15) is 13.2 Å². The molecule has 0 aliphatic heterocycles. The molecule has 1 aromatic rings. The van der Waals surface area contributed by atoms with Gasteiger partial charge in [-0.15, -0.1) is 0 Å². The topological polar surface area (TPSA) is 74.3 Å². The van der Waals surface area contributed by atoms with Crippen molar-refractivity contribution in [1.29, 1.82) is 0 Å². The van der Waals surface area contributed by atoms with E-state index in [1.807, 2.05) is 18.2 Å². The van der Waals surface area contributed by atoms with Gasteiger partial charge in [-0.05, 0) is 25.0 Å². The number of carbonyl (C=O) groups is 1. The smallest absolute Gasteiger partial charge is 0.485 e. The predicted molar refractivity (Wildman–Crippen MR) is 71.0 cm³/mol. The van der Waals surface area contributed by atoms with Crippen molar-refractivity contribution in [2.45, 2.75) is 24.8 Å². The minimum atomic E-state index is -6.09. The third-order valence-electron chi connectivity index (χ3n) is 2.82. The van der Waals surface area contributed by atoms with Crippen LogP contribution in [0.5, 0.6) is 0 Å². The van der Waals surface area contributed by atoms with Crippen LogP contribution in [0.15, 0.2) is 30.3 Å². The molecule has 0 atom stereocenters. The summed E-state index contributed by atoms with van der Waals surface area (Å²) in [6.07, 6.45) is 3.31. The Morgan fingerprint density at radius 2 is 1.74 bits per heavy atom. The molecule has 1 saturated carbocycles. The van der Waals surface area contributed by atoms with Crippen LogP contribution in [0.25, 0.3) is 0 Å². The van der Waals surface area contributed by atoms with Gasteiger partial charge in [-0.1, -0.05) is 24.6 Å². The van der Waals surface area contributed by atoms with E-state index in [1.165, 1.54) is 9.99 Å². The molecular formula is C14H12F3IO4S. The fraction of sp³-hybridized carbons (Fsp3) is 0.357. The Labute approximate surface area is 142 Å². The Hall–Kier alpha value is -1.12. The molecule has 1 fully saturated rings. The quantitative estimate of drug-likeness (QED) is 0.254. The summed E-state index contributed by atoms with van der Waals surface area (Å²) < 4.78 is 63.2. The van der Waals surface area contributed by atoms with E-state index < -0.39 is 15.6 Å². The maximum Gasteiger partial charge on any atom is 0.485 e. The van der Waals surface area contributed by atoms with Crippen LogP contribution in [0.4, 0.5) is 13.2 Å². The van der Waals surface area contributed by atoms with Gasteiger partial charge in [0.05, 0.1) is 0 Å². The minimum Gasteiger partial charge on any atom is -0.741 e. The second kappa shape index (κ2) is 8.65. The van der Waals surface area contributed by atoms with Gasteiger partial charge in [-0.3, -0.25) is 4.79 Å². The van der Waals surface area contributed by atoms with Crippen LogP contribution < -0.4 is 21.2 Å². The number of rotatable bonds is 2. The maximum absolute atomic E-state index is 11.5. The van der Waals surface area contributed by atoms with Crippen LogP contribution in [-0.2, 0) is 14.9 Å². The number of carbonyl (C=O) groups excluding carboxylic acids is 1. The highest BCUT2D eigenvalue weighted by molar-refractivity contribution is 7.86. The third-order valence-corrected chi connectivity index (χ3v) is 5.27. The second-order valence-corrected chi connectivity index (χ2v) is 8.20. The number of hydrogen-bond acceptors (Lipinski definition) is 4. The molecule has 0 spiro atoms. The molecule has 0 heterocycles. The van der Waals surface area contributed by atoms with Gasteiger partial charge < -0.3 is 4.55 Å². The van der Waals surface area contributed by atoms with Gasteiger partial charge >= 0.3 is 26.7 Å². The van der Waals surface area contributed by atoms with Crippen molar-refractivity contribution < 1.29 is 52.1 Å². The van der Waals surface area contributed by atoms with Crippen molar-refractivity contribution in [3.05, 3.63) is 33.9 Å². The summed E-state index contributed by atoms with van der Waals surface area (Å²) in [5.41, 5.74) is -5.65. The highest BCUT2D eigenvalue weighted by Crippen LogP contribution is 2.26. The zero-order valence-corrected chi connectivity index (χ0v) is 14.6. The Morgan fingerprint density at radius 3 is 2.13 bits per heavy atom. The number of ketones is 1. The van der Waals surface area contributed by atoms with E-state index in [0.717, 1.165) is 12.8 Å². The lowest BCUT2D eigenvalue weighted by atomic mass is 9.82. The van der Waals surface area contributed by atoms with E-state index in [0.29, 0.717) is 0 Å². The van der Waals surface area contributed by atoms with Crippen molar-refractivity contribution in [1.82, 2.24) is 0 Å². The summed E-state index contributed by atoms with van der Waals surface area (Å²) in [5.74, 6) is 3.22. The number of benzene rings is 1. The summed E-state index contributed by atoms with van der Waals surface area (Å²) >= 11 is -0.296. The summed E-state index contributed by atoms with van der Waals surface area (Å²) in [4.78, 5) is 11.5. The van der Waals surface area contributed by atoms with Crippen LogP contribution in [0, 0.1) is 19.3 Å². The molecule has 0 saturated heterocycles. The normalized spacial score (nSPS) is 14.6. The Bertz CT molecular complexity index is 686. The molecule has 0 amide bonds.